The van der Waals surface area contributed by atoms with Crippen LogP contribution in [0.15, 0.2) is 41.8 Å². The van der Waals surface area contributed by atoms with E-state index in [-0.39, 0.29) is 38.4 Å². The van der Waals surface area contributed by atoms with Crippen molar-refractivity contribution in [3.63, 3.8) is 0 Å². The zero-order valence-electron chi connectivity index (χ0n) is 38.3. The largest absolute Gasteiger partial charge is 0.497 e. The van der Waals surface area contributed by atoms with E-state index in [9.17, 15) is 32.7 Å². The van der Waals surface area contributed by atoms with Crippen LogP contribution in [0.3, 0.4) is 0 Å². The first-order chi connectivity index (χ1) is 30.1. The number of hydrogen-bond acceptors (Lipinski definition) is 12. The summed E-state index contributed by atoms with van der Waals surface area (Å²) >= 11 is 1.45. The third kappa shape index (κ3) is 11.1. The average Bonchev–Trinajstić information content (AvgIpc) is 3.48. The van der Waals surface area contributed by atoms with E-state index in [2.05, 4.69) is 21.3 Å². The van der Waals surface area contributed by atoms with Crippen molar-refractivity contribution in [3.05, 3.63) is 41.8 Å². The van der Waals surface area contributed by atoms with Crippen LogP contribution in [-0.4, -0.2) is 125 Å². The number of carboxylic acids is 1. The number of nitrogens with zero attached hydrogens (tertiary/aromatic N) is 4. The first kappa shape index (κ1) is 48.4. The summed E-state index contributed by atoms with van der Waals surface area (Å²) in [6, 6.07) is 3.85. The molecule has 1 saturated carbocycles. The Hall–Kier alpha value is -5.01. The molecule has 17 nitrogen and oxygen atoms in total. The van der Waals surface area contributed by atoms with Crippen molar-refractivity contribution in [2.24, 2.45) is 11.3 Å². The van der Waals surface area contributed by atoms with Crippen LogP contribution in [0.25, 0.3) is 22.3 Å². The van der Waals surface area contributed by atoms with Crippen LogP contribution in [0.2, 0.25) is 0 Å². The third-order valence-electron chi connectivity index (χ3n) is 12.2. The van der Waals surface area contributed by atoms with E-state index in [1.54, 1.807) is 39.2 Å². The summed E-state index contributed by atoms with van der Waals surface area (Å²) in [7, 11) is -0.582. The molecule has 2 aliphatic heterocycles. The van der Waals surface area contributed by atoms with E-state index in [0.29, 0.717) is 46.6 Å². The zero-order valence-corrected chi connectivity index (χ0v) is 39.9. The summed E-state index contributed by atoms with van der Waals surface area (Å²) in [5, 5.41) is 25.0. The first-order valence-electron chi connectivity index (χ1n) is 22.1. The van der Waals surface area contributed by atoms with Gasteiger partial charge in [0.1, 0.15) is 40.9 Å². The van der Waals surface area contributed by atoms with Crippen molar-refractivity contribution in [1.82, 2.24) is 35.1 Å². The monoisotopic (exact) mass is 924 g/mol. The van der Waals surface area contributed by atoms with Gasteiger partial charge >= 0.3 is 12.0 Å². The molecule has 1 saturated heterocycles. The number of carbonyl (C=O) groups is 4. The van der Waals surface area contributed by atoms with E-state index >= 15 is 0 Å². The molecule has 3 aliphatic rings. The van der Waals surface area contributed by atoms with Crippen LogP contribution in [0.1, 0.15) is 93.4 Å². The molecule has 350 valence electrons. The van der Waals surface area contributed by atoms with Crippen molar-refractivity contribution in [3.8, 4) is 22.9 Å². The number of rotatable bonds is 13. The number of methoxy groups -OCH3 is 1. The number of amides is 4. The van der Waals surface area contributed by atoms with Crippen molar-refractivity contribution in [2.75, 3.05) is 32.6 Å². The van der Waals surface area contributed by atoms with Gasteiger partial charge in [0, 0.05) is 60.9 Å². The van der Waals surface area contributed by atoms with Gasteiger partial charge in [-0.15, -0.1) is 11.3 Å². The van der Waals surface area contributed by atoms with Crippen LogP contribution in [0, 0.1) is 11.3 Å². The number of fused-ring (bicyclic) bond motifs is 3. The molecule has 1 aliphatic carbocycles. The van der Waals surface area contributed by atoms with Crippen molar-refractivity contribution in [1.29, 1.82) is 0 Å². The SMILES string of the molecule is COc1ccc2c(O[C@@H]3C[C@H]4C(=O)N[C@]5(C(=O)O)CC5/C=C\CCCCC[C@@H](NC(=O)N[C@H](CN(C)S(=O)(=O)C(C)C)C(C)(C)C)C(=O)N4C3)cc(-c3csc(NC(C)C)n3)nc2c1. The summed E-state index contributed by atoms with van der Waals surface area (Å²) < 4.78 is 39.5. The lowest BCUT2D eigenvalue weighted by molar-refractivity contribution is -0.145. The Kier molecular flexibility index (Phi) is 14.8. The Balaban J connectivity index is 1.32. The van der Waals surface area contributed by atoms with Crippen LogP contribution in [-0.2, 0) is 24.4 Å². The Morgan fingerprint density at radius 1 is 1.09 bits per heavy atom. The molecule has 0 bridgehead atoms. The number of likely N-dealkylation sites (N-methyl/N-ethyl adjacent to an activating group) is 1. The zero-order chi connectivity index (χ0) is 46.7. The number of benzene rings is 1. The number of allylic oxidation sites excluding steroid dienone is 1. The van der Waals surface area contributed by atoms with Gasteiger partial charge in [0.2, 0.25) is 21.8 Å². The van der Waals surface area contributed by atoms with Crippen molar-refractivity contribution < 1.29 is 42.2 Å². The van der Waals surface area contributed by atoms with Crippen molar-refractivity contribution in [2.45, 2.75) is 134 Å². The van der Waals surface area contributed by atoms with Crippen molar-refractivity contribution >= 4 is 61.2 Å². The maximum Gasteiger partial charge on any atom is 0.330 e. The molecule has 4 heterocycles. The molecular weight excluding hydrogens is 861 g/mol. The highest BCUT2D eigenvalue weighted by Crippen LogP contribution is 2.45. The predicted molar refractivity (Wildman–Crippen MR) is 247 cm³/mol. The molecule has 5 N–H and O–H groups in total. The highest BCUT2D eigenvalue weighted by molar-refractivity contribution is 7.89. The third-order valence-corrected chi connectivity index (χ3v) is 15.2. The normalized spacial score (nSPS) is 24.3. The minimum Gasteiger partial charge on any atom is -0.497 e. The molecule has 6 atom stereocenters. The second kappa shape index (κ2) is 19.6. The van der Waals surface area contributed by atoms with Gasteiger partial charge in [-0.1, -0.05) is 45.8 Å². The molecule has 64 heavy (non-hydrogen) atoms. The number of hydrogen-bond donors (Lipinski definition) is 5. The molecule has 0 spiro atoms. The van der Waals surface area contributed by atoms with E-state index < -0.39 is 80.2 Å². The lowest BCUT2D eigenvalue weighted by Crippen LogP contribution is -2.59. The number of urea groups is 1. The van der Waals surface area contributed by atoms with Gasteiger partial charge in [0.05, 0.1) is 30.1 Å². The van der Waals surface area contributed by atoms with Crippen LogP contribution in [0.5, 0.6) is 11.5 Å². The quantitative estimate of drug-likeness (QED) is 0.129. The Morgan fingerprint density at radius 2 is 1.84 bits per heavy atom. The standard InChI is InChI=1S/C45H64N8O9S2/c1-26(2)46-43-49-35(25-63-43)34-21-37(31-18-17-29(61-9)19-33(31)47-34)62-30-20-36-39(54)51-45(41(56)57)22-28(45)15-13-11-10-12-14-16-32(40(55)53(36)23-30)48-42(58)50-38(44(5,6)7)24-52(8)64(59,60)27(3)4/h13,15,17-19,21,25-28,30,32,36,38H,10-12,14,16,20,22-24H2,1-9H3,(H,46,49)(H,51,54)(H,56,57)(H2,48,50,58)/b15-13-/t28?,30-,32-,36+,38-,45-/m1/s1. The number of ether oxygens (including phenoxy) is 2. The average molecular weight is 925 g/mol. The number of carbonyl (C=O) groups excluding carboxylic acids is 3. The number of carboxylic acid groups (broad SMARTS) is 1. The summed E-state index contributed by atoms with van der Waals surface area (Å²) in [4.78, 5) is 67.0. The van der Waals surface area contributed by atoms with Gasteiger partial charge in [-0.2, -0.15) is 0 Å². The molecule has 1 unspecified atom stereocenters. The van der Waals surface area contributed by atoms with Gasteiger partial charge in [0.25, 0.3) is 0 Å². The number of pyridine rings is 1. The number of thiazole rings is 1. The molecule has 1 aromatic carbocycles. The molecule has 2 fully saturated rings. The second-order valence-corrected chi connectivity index (χ2v) is 22.3. The lowest BCUT2D eigenvalue weighted by Gasteiger charge is -2.35. The molecule has 3 aromatic rings. The smallest absolute Gasteiger partial charge is 0.330 e. The maximum absolute atomic E-state index is 14.9. The molecule has 19 heteroatoms. The Labute approximate surface area is 380 Å². The van der Waals surface area contributed by atoms with Gasteiger partial charge in [-0.25, -0.2) is 32.3 Å². The highest BCUT2D eigenvalue weighted by atomic mass is 32.2. The predicted octanol–water partition coefficient (Wildman–Crippen LogP) is 5.77. The maximum atomic E-state index is 14.9. The molecule has 6 rings (SSSR count). The lowest BCUT2D eigenvalue weighted by atomic mass is 9.87. The second-order valence-electron chi connectivity index (χ2n) is 18.8. The number of aliphatic carboxylic acids is 1. The van der Waals surface area contributed by atoms with Gasteiger partial charge in [-0.3, -0.25) is 9.59 Å². The Morgan fingerprint density at radius 3 is 2.52 bits per heavy atom. The molecule has 2 aromatic heterocycles. The van der Waals surface area contributed by atoms with E-state index in [1.807, 2.05) is 58.2 Å². The summed E-state index contributed by atoms with van der Waals surface area (Å²) in [6.07, 6.45) is 6.36. The summed E-state index contributed by atoms with van der Waals surface area (Å²) in [5.41, 5.74) is -0.345. The van der Waals surface area contributed by atoms with Crippen LogP contribution >= 0.6 is 11.3 Å². The minimum atomic E-state index is -3.63. The minimum absolute atomic E-state index is 0.0000723. The summed E-state index contributed by atoms with van der Waals surface area (Å²) in [5.74, 6) is -1.68. The van der Waals surface area contributed by atoms with Gasteiger partial charge in [-0.05, 0) is 70.9 Å². The fourth-order valence-corrected chi connectivity index (χ4v) is 10.1. The van der Waals surface area contributed by atoms with E-state index in [0.717, 1.165) is 18.0 Å². The molecular formula is C45H64N8O9S2. The molecule has 0 radical (unpaired) electrons. The van der Waals surface area contributed by atoms with Gasteiger partial charge < -0.3 is 40.7 Å². The van der Waals surface area contributed by atoms with Crippen LogP contribution in [0.4, 0.5) is 9.93 Å². The Bertz CT molecular complexity index is 2350. The highest BCUT2D eigenvalue weighted by Gasteiger charge is 2.61. The number of nitrogens with one attached hydrogen (secondary N) is 4. The fraction of sp³-hybridized carbons (Fsp3) is 0.600. The van der Waals surface area contributed by atoms with E-state index in [4.69, 9.17) is 19.4 Å². The van der Waals surface area contributed by atoms with Gasteiger partial charge in [0.15, 0.2) is 5.13 Å². The fourth-order valence-electron chi connectivity index (χ4n) is 8.18. The summed E-state index contributed by atoms with van der Waals surface area (Å²) in [6.45, 7) is 12.9. The van der Waals surface area contributed by atoms with E-state index in [1.165, 1.54) is 27.6 Å². The molecule has 4 amide bonds. The number of sulfonamides is 1. The number of aromatic nitrogens is 2. The topological polar surface area (TPSA) is 221 Å². The number of anilines is 1. The van der Waals surface area contributed by atoms with Crippen LogP contribution < -0.4 is 30.7 Å². The first-order valence-corrected chi connectivity index (χ1v) is 24.4.